The molecular weight excluding hydrogens is 1400 g/mol. The number of imide groups is 1. The number of carbonyl (C=O) groups excluding carboxylic acids is 9. The molecular formula is C77H96N10O21. The summed E-state index contributed by atoms with van der Waals surface area (Å²) in [6.07, 6.45) is 7.51. The SMILES string of the molecule is CO[C@H]1C=CO[C@@]2(C)Oc3c(C)c(O)c4c(=O)c(c5oc6cc(N7CCC(NC(=O)OCc8ccc(NC(=O)[C@H](CCCNC(N)=O)NC(=O)[C@@H](NC(=O)CCCCCN9C(=O)C=CC9=O)C(C)C)cc8)CC7)cc(=O)c6nc5c4c3=C2O)NC(=O)C(C)=CC=C[C@H](C)[C@H](O)[C@@H](C)[C@@H](O)[C@@H](C)[C@H](OC(C)=O)[C@@H]1C. The van der Waals surface area contributed by atoms with Crippen LogP contribution >= 0.6 is 0 Å². The van der Waals surface area contributed by atoms with Crippen molar-refractivity contribution in [3.05, 3.63) is 121 Å². The quantitative estimate of drug-likeness (QED) is 0.0125. The van der Waals surface area contributed by atoms with Crippen molar-refractivity contribution in [2.45, 2.75) is 176 Å². The lowest BCUT2D eigenvalue weighted by molar-refractivity contribution is -0.160. The zero-order valence-electron chi connectivity index (χ0n) is 62.3. The highest BCUT2D eigenvalue weighted by molar-refractivity contribution is 6.17. The second kappa shape index (κ2) is 35.2. The molecule has 4 bridgehead atoms. The van der Waals surface area contributed by atoms with Crippen molar-refractivity contribution in [2.24, 2.45) is 35.3 Å². The van der Waals surface area contributed by atoms with E-state index in [1.165, 1.54) is 77.5 Å². The number of allylic oxidation sites excluding steroid dienone is 2. The molecule has 580 valence electrons. The molecule has 5 aromatic rings. The van der Waals surface area contributed by atoms with Gasteiger partial charge in [0.2, 0.25) is 28.6 Å². The van der Waals surface area contributed by atoms with E-state index < -0.39 is 141 Å². The number of benzene rings is 4. The molecule has 0 aliphatic carbocycles. The fourth-order valence-corrected chi connectivity index (χ4v) is 13.8. The number of methoxy groups -OCH3 is 1. The Morgan fingerprint density at radius 2 is 1.54 bits per heavy atom. The minimum absolute atomic E-state index is 0.00989. The fourth-order valence-electron chi connectivity index (χ4n) is 13.8. The predicted octanol–water partition coefficient (Wildman–Crippen LogP) is 5.95. The number of rotatable bonds is 22. The number of nitrogens with zero attached hydrogens (tertiary/aromatic N) is 3. The largest absolute Gasteiger partial charge is 0.507 e. The van der Waals surface area contributed by atoms with Crippen LogP contribution in [-0.4, -0.2) is 165 Å². The fraction of sp³-hybridized carbons (Fsp3) is 0.481. The van der Waals surface area contributed by atoms with E-state index >= 15 is 4.79 Å². The minimum atomic E-state index is -2.07. The van der Waals surface area contributed by atoms with Gasteiger partial charge < -0.3 is 91.1 Å². The number of urea groups is 1. The number of aromatic hydroxyl groups is 1. The maximum atomic E-state index is 15.2. The molecule has 4 aliphatic rings. The number of anilines is 3. The number of nitrogens with one attached hydrogen (secondary N) is 6. The highest BCUT2D eigenvalue weighted by Crippen LogP contribution is 2.43. The normalized spacial score (nSPS) is 22.7. The molecule has 9 rings (SSSR count). The minimum Gasteiger partial charge on any atom is -0.507 e. The molecule has 0 unspecified atom stereocenters. The lowest BCUT2D eigenvalue weighted by atomic mass is 9.78. The molecule has 31 heteroatoms. The van der Waals surface area contributed by atoms with Gasteiger partial charge >= 0.3 is 23.9 Å². The number of nitrogens with two attached hydrogens (primary N) is 1. The van der Waals surface area contributed by atoms with E-state index in [4.69, 9.17) is 38.8 Å². The van der Waals surface area contributed by atoms with Gasteiger partial charge in [0.15, 0.2) is 22.4 Å². The Morgan fingerprint density at radius 1 is 0.843 bits per heavy atom. The highest BCUT2D eigenvalue weighted by Gasteiger charge is 2.45. The summed E-state index contributed by atoms with van der Waals surface area (Å²) in [7, 11) is 1.42. The molecule has 1 aromatic heterocycles. The van der Waals surface area contributed by atoms with Crippen LogP contribution in [0.5, 0.6) is 11.5 Å². The molecule has 11 atom stereocenters. The summed E-state index contributed by atoms with van der Waals surface area (Å²) >= 11 is 0. The number of hydrogen-bond acceptors (Lipinski definition) is 23. The van der Waals surface area contributed by atoms with Gasteiger partial charge in [-0.3, -0.25) is 48.1 Å². The third-order valence-electron chi connectivity index (χ3n) is 20.2. The van der Waals surface area contributed by atoms with Crippen molar-refractivity contribution in [1.82, 2.24) is 31.2 Å². The van der Waals surface area contributed by atoms with Gasteiger partial charge in [0, 0.05) is 135 Å². The average Bonchev–Trinajstić information content (AvgIpc) is 1.39. The van der Waals surface area contributed by atoms with E-state index in [9.17, 15) is 68.4 Å². The Balaban J connectivity index is 0.891. The average molecular weight is 1500 g/mol. The summed E-state index contributed by atoms with van der Waals surface area (Å²) in [5.41, 5.74) is 3.65. The molecule has 9 amide bonds. The van der Waals surface area contributed by atoms with Crippen LogP contribution in [0.4, 0.5) is 26.7 Å². The third-order valence-corrected chi connectivity index (χ3v) is 20.2. The van der Waals surface area contributed by atoms with Crippen LogP contribution in [0.15, 0.2) is 98.7 Å². The number of fused-ring (bicyclic) bond motifs is 2. The summed E-state index contributed by atoms with van der Waals surface area (Å²) in [6, 6.07) is 6.08. The van der Waals surface area contributed by atoms with E-state index in [1.54, 1.807) is 78.0 Å². The number of ether oxygens (including phenoxy) is 5. The lowest BCUT2D eigenvalue weighted by Gasteiger charge is -2.38. The molecule has 1 saturated heterocycles. The lowest BCUT2D eigenvalue weighted by Crippen LogP contribution is -2.54. The van der Waals surface area contributed by atoms with Gasteiger partial charge in [-0.2, -0.15) is 0 Å². The van der Waals surface area contributed by atoms with Crippen molar-refractivity contribution < 1.29 is 91.7 Å². The summed E-state index contributed by atoms with van der Waals surface area (Å²) in [5, 5.41) is 63.3. The number of alkyl carbamates (subject to hydrolysis) is 1. The number of unbranched alkanes of at least 4 members (excludes halogenated alkanes) is 2. The van der Waals surface area contributed by atoms with Crippen molar-refractivity contribution in [1.29, 1.82) is 0 Å². The van der Waals surface area contributed by atoms with E-state index in [2.05, 4.69) is 31.9 Å². The number of carbonyl (C=O) groups is 9. The molecule has 108 heavy (non-hydrogen) atoms. The summed E-state index contributed by atoms with van der Waals surface area (Å²) < 4.78 is 36.3. The van der Waals surface area contributed by atoms with Crippen LogP contribution in [0.3, 0.4) is 0 Å². The number of phenols is 1. The predicted molar refractivity (Wildman–Crippen MR) is 398 cm³/mol. The van der Waals surface area contributed by atoms with Crippen LogP contribution in [-0.2, 0) is 59.1 Å². The van der Waals surface area contributed by atoms with Gasteiger partial charge in [-0.05, 0) is 82.1 Å². The number of aromatic nitrogens is 1. The Bertz CT molecular complexity index is 4590. The van der Waals surface area contributed by atoms with Crippen LogP contribution in [0.25, 0.3) is 38.7 Å². The van der Waals surface area contributed by atoms with Crippen molar-refractivity contribution in [2.75, 3.05) is 48.8 Å². The maximum Gasteiger partial charge on any atom is 0.407 e. The number of aliphatic hydroxyl groups excluding tert-OH is 3. The van der Waals surface area contributed by atoms with Crippen molar-refractivity contribution in [3.63, 3.8) is 0 Å². The molecule has 5 heterocycles. The first kappa shape index (κ1) is 81.2. The number of aliphatic hydroxyl groups is 3. The smallest absolute Gasteiger partial charge is 0.407 e. The molecule has 4 aliphatic heterocycles. The number of piperidine rings is 1. The number of primary amides is 1. The van der Waals surface area contributed by atoms with Gasteiger partial charge in [0.1, 0.15) is 47.5 Å². The van der Waals surface area contributed by atoms with Crippen molar-refractivity contribution in [3.8, 4) is 11.5 Å². The zero-order valence-corrected chi connectivity index (χ0v) is 62.3. The Kier molecular flexibility index (Phi) is 26.5. The van der Waals surface area contributed by atoms with Gasteiger partial charge in [-0.25, -0.2) is 14.6 Å². The van der Waals surface area contributed by atoms with Gasteiger partial charge in [-0.1, -0.05) is 78.3 Å². The first-order chi connectivity index (χ1) is 51.2. The highest BCUT2D eigenvalue weighted by atomic mass is 16.7. The summed E-state index contributed by atoms with van der Waals surface area (Å²) in [5.74, 6) is -10.3. The number of amides is 9. The number of phenolic OH excluding ortho intramolecular Hbond substituents is 1. The van der Waals surface area contributed by atoms with Gasteiger partial charge in [0.05, 0.1) is 35.2 Å². The monoisotopic (exact) mass is 1500 g/mol. The summed E-state index contributed by atoms with van der Waals surface area (Å²) in [4.78, 5) is 153. The van der Waals surface area contributed by atoms with Gasteiger partial charge in [-0.15, -0.1) is 0 Å². The van der Waals surface area contributed by atoms with Crippen LogP contribution in [0.2, 0.25) is 0 Å². The molecule has 1 fully saturated rings. The Labute approximate surface area is 622 Å². The standard InChI is InChI=1S/C77H96N10O21/c1-38(2)60(83-54(90)20-13-12-14-31-87-55(91)25-26-56(87)92)74(100)82-50(19-16-30-79-75(78)101)73(99)80-47-23-21-46(22-24-47)37-104-76(102)81-48-27-32-86(33-28-48)49-35-51(89)61-53(36-49)107-70-62(84-61)57-58-66(95)44(8)69-59(57)71(97)77(10,108-69)105-34-29-52(103-11)41(5)68(106-45(9)88)43(7)65(94)42(6)64(93)39(3)17-15-18-40(4)72(98)85-63(70)67(58)96/h15,17-18,21-26,29,34-36,38-39,41-43,48,50,52,60,64-65,68,93-95,97H,12-14,16,19-20,27-28,30-33,37H2,1-11H3,(H,80,99)(H,81,102)(H,82,100)(H,83,90)(H,85,98)(H3,78,79,101)/t39-,41+,42+,43+,50-,52-,60-,64-,65+,68+,77-/m0/s1. The maximum absolute atomic E-state index is 15.2. The third kappa shape index (κ3) is 18.7. The van der Waals surface area contributed by atoms with Gasteiger partial charge in [0.25, 0.3) is 17.7 Å². The van der Waals surface area contributed by atoms with Crippen LogP contribution in [0.1, 0.15) is 125 Å². The van der Waals surface area contributed by atoms with E-state index in [-0.39, 0.29) is 112 Å². The van der Waals surface area contributed by atoms with Crippen LogP contribution < -0.4 is 63.3 Å². The van der Waals surface area contributed by atoms with E-state index in [0.29, 0.717) is 62.1 Å². The molecule has 0 saturated carbocycles. The molecule has 12 N–H and O–H groups in total. The number of esters is 1. The first-order valence-corrected chi connectivity index (χ1v) is 36.1. The second-order valence-electron chi connectivity index (χ2n) is 28.5. The first-order valence-electron chi connectivity index (χ1n) is 36.1. The topological polar surface area (TPSA) is 446 Å². The zero-order chi connectivity index (χ0) is 78.7. The molecule has 4 aromatic carbocycles. The Hall–Kier alpha value is -10.9. The summed E-state index contributed by atoms with van der Waals surface area (Å²) in [6.45, 7) is 16.7. The van der Waals surface area contributed by atoms with E-state index in [1.807, 2.05) is 4.90 Å². The Morgan fingerprint density at radius 3 is 2.19 bits per heavy atom. The molecule has 0 radical (unpaired) electrons. The molecule has 31 nitrogen and oxygen atoms in total. The molecule has 0 spiro atoms. The van der Waals surface area contributed by atoms with E-state index in [0.717, 1.165) is 4.90 Å². The van der Waals surface area contributed by atoms with Crippen molar-refractivity contribution >= 4 is 109 Å². The second-order valence-corrected chi connectivity index (χ2v) is 28.5. The number of hydrogen-bond donors (Lipinski definition) is 11. The van der Waals surface area contributed by atoms with Crippen LogP contribution in [0, 0.1) is 36.5 Å².